The Morgan fingerprint density at radius 3 is 1.81 bits per heavy atom. The van der Waals surface area contributed by atoms with Gasteiger partial charge in [-0.15, -0.1) is 0 Å². The maximum absolute atomic E-state index is 14.5. The molecule has 0 fully saturated rings. The smallest absolute Gasteiger partial charge is 0.255 e. The topological polar surface area (TPSA) is 40.6 Å². The van der Waals surface area contributed by atoms with Crippen LogP contribution in [0.4, 0.5) is 5.69 Å². The Hall–Kier alpha value is -3.10. The first-order valence-electron chi connectivity index (χ1n) is 10.5. The van der Waals surface area contributed by atoms with E-state index >= 15 is 0 Å². The van der Waals surface area contributed by atoms with Crippen molar-refractivity contribution >= 4 is 29.3 Å². The Morgan fingerprint density at radius 1 is 0.839 bits per heavy atom. The average Bonchev–Trinajstić information content (AvgIpc) is 2.84. The van der Waals surface area contributed by atoms with Gasteiger partial charge in [-0.2, -0.15) is 0 Å². The van der Waals surface area contributed by atoms with Crippen LogP contribution in [0, 0.1) is 0 Å². The minimum Gasteiger partial charge on any atom is -0.340 e. The minimum atomic E-state index is -3.02. The Labute approximate surface area is 185 Å². The van der Waals surface area contributed by atoms with Crippen molar-refractivity contribution < 1.29 is 9.36 Å². The Bertz CT molecular complexity index is 1020. The van der Waals surface area contributed by atoms with Crippen LogP contribution in [0.5, 0.6) is 0 Å². The molecular formula is C26H29N2O2P. The Morgan fingerprint density at radius 2 is 1.32 bits per heavy atom. The lowest BCUT2D eigenvalue weighted by atomic mass is 10.1. The van der Waals surface area contributed by atoms with E-state index in [0.29, 0.717) is 24.3 Å². The monoisotopic (exact) mass is 432 g/mol. The molecule has 4 nitrogen and oxygen atoms in total. The molecule has 3 aromatic carbocycles. The summed E-state index contributed by atoms with van der Waals surface area (Å²) in [7, 11) is -3.02. The molecule has 0 saturated heterocycles. The number of rotatable bonds is 9. The van der Waals surface area contributed by atoms with Crippen LogP contribution in [0.25, 0.3) is 0 Å². The van der Waals surface area contributed by atoms with E-state index in [1.165, 1.54) is 0 Å². The summed E-state index contributed by atoms with van der Waals surface area (Å²) in [5.74, 6) is -0.0401. The molecule has 3 aromatic rings. The molecule has 0 heterocycles. The third kappa shape index (κ3) is 4.81. The van der Waals surface area contributed by atoms with Gasteiger partial charge in [0.05, 0.1) is 17.5 Å². The number of benzene rings is 3. The van der Waals surface area contributed by atoms with Crippen molar-refractivity contribution in [3.8, 4) is 0 Å². The van der Waals surface area contributed by atoms with Crippen molar-refractivity contribution in [1.29, 1.82) is 0 Å². The van der Waals surface area contributed by atoms with Crippen molar-refractivity contribution in [2.75, 3.05) is 24.3 Å². The third-order valence-electron chi connectivity index (χ3n) is 5.41. The fourth-order valence-corrected chi connectivity index (χ4v) is 6.31. The number of amides is 1. The predicted octanol–water partition coefficient (Wildman–Crippen LogP) is 5.09. The molecule has 0 aliphatic heterocycles. The number of para-hydroxylation sites is 1. The molecule has 0 atom stereocenters. The van der Waals surface area contributed by atoms with E-state index in [2.05, 4.69) is 6.58 Å². The van der Waals surface area contributed by atoms with E-state index in [-0.39, 0.29) is 12.2 Å². The summed E-state index contributed by atoms with van der Waals surface area (Å²) in [5, 5.41) is 1.56. The minimum absolute atomic E-state index is 0.0401. The summed E-state index contributed by atoms with van der Waals surface area (Å²) < 4.78 is 14.5. The molecule has 3 rings (SSSR count). The molecule has 0 aliphatic carbocycles. The molecule has 0 unspecified atom stereocenters. The third-order valence-corrected chi connectivity index (χ3v) is 8.38. The van der Waals surface area contributed by atoms with Gasteiger partial charge >= 0.3 is 0 Å². The first kappa shape index (κ1) is 22.6. The maximum Gasteiger partial charge on any atom is 0.255 e. The van der Waals surface area contributed by atoms with E-state index in [0.717, 1.165) is 10.6 Å². The zero-order valence-electron chi connectivity index (χ0n) is 18.1. The first-order valence-corrected chi connectivity index (χ1v) is 12.4. The van der Waals surface area contributed by atoms with Gasteiger partial charge in [0.25, 0.3) is 5.91 Å². The van der Waals surface area contributed by atoms with Gasteiger partial charge < -0.3 is 14.4 Å². The fraction of sp³-hybridized carbons (Fsp3) is 0.192. The molecule has 0 spiro atoms. The Balaban J connectivity index is 2.08. The number of hydrogen-bond donors (Lipinski definition) is 0. The highest BCUT2D eigenvalue weighted by atomic mass is 31.2. The van der Waals surface area contributed by atoms with Gasteiger partial charge in [0.2, 0.25) is 0 Å². The van der Waals surface area contributed by atoms with E-state index < -0.39 is 7.14 Å². The van der Waals surface area contributed by atoms with Gasteiger partial charge in [-0.25, -0.2) is 0 Å². The average molecular weight is 433 g/mol. The number of carbonyl (C=O) groups excluding carboxylic acids is 1. The molecule has 0 radical (unpaired) electrons. The summed E-state index contributed by atoms with van der Waals surface area (Å²) in [4.78, 5) is 16.8. The van der Waals surface area contributed by atoms with Crippen molar-refractivity contribution in [2.45, 2.75) is 13.8 Å². The molecule has 0 aromatic heterocycles. The Kier molecular flexibility index (Phi) is 7.49. The van der Waals surface area contributed by atoms with E-state index in [4.69, 9.17) is 0 Å². The highest BCUT2D eigenvalue weighted by molar-refractivity contribution is 7.78. The predicted molar refractivity (Wildman–Crippen MR) is 131 cm³/mol. The van der Waals surface area contributed by atoms with Crippen molar-refractivity contribution in [1.82, 2.24) is 4.90 Å². The molecule has 160 valence electrons. The van der Waals surface area contributed by atoms with Gasteiger partial charge in [-0.1, -0.05) is 79.4 Å². The van der Waals surface area contributed by atoms with Crippen LogP contribution in [0.1, 0.15) is 24.2 Å². The van der Waals surface area contributed by atoms with Gasteiger partial charge in [0, 0.05) is 23.7 Å². The lowest BCUT2D eigenvalue weighted by Gasteiger charge is -2.30. The largest absolute Gasteiger partial charge is 0.340 e. The highest BCUT2D eigenvalue weighted by Crippen LogP contribution is 2.45. The highest BCUT2D eigenvalue weighted by Gasteiger charge is 2.30. The quantitative estimate of drug-likeness (QED) is 0.442. The number of hydrogen-bond acceptors (Lipinski definition) is 3. The van der Waals surface area contributed by atoms with Gasteiger partial charge in [-0.3, -0.25) is 4.79 Å². The van der Waals surface area contributed by atoms with Crippen LogP contribution in [0.15, 0.2) is 97.7 Å². The number of carbonyl (C=O) groups is 1. The zero-order chi connectivity index (χ0) is 22.3. The number of nitrogens with zero attached hydrogens (tertiary/aromatic N) is 2. The van der Waals surface area contributed by atoms with Gasteiger partial charge in [0.15, 0.2) is 7.14 Å². The molecule has 31 heavy (non-hydrogen) atoms. The second-order valence-electron chi connectivity index (χ2n) is 7.20. The fourth-order valence-electron chi connectivity index (χ4n) is 3.68. The summed E-state index contributed by atoms with van der Waals surface area (Å²) in [6, 6.07) is 26.5. The molecule has 0 saturated carbocycles. The summed E-state index contributed by atoms with van der Waals surface area (Å²) in [6.45, 7) is 9.17. The molecule has 5 heteroatoms. The zero-order valence-corrected chi connectivity index (χ0v) is 19.0. The SMILES string of the molecule is C=CN(CP(=O)(c1ccccc1)c1ccccc1)c1ccccc1C(=O)N(CC)CC. The second kappa shape index (κ2) is 10.3. The van der Waals surface area contributed by atoms with Gasteiger partial charge in [0.1, 0.15) is 0 Å². The normalized spacial score (nSPS) is 11.0. The van der Waals surface area contributed by atoms with Crippen LogP contribution >= 0.6 is 7.14 Å². The van der Waals surface area contributed by atoms with E-state index in [1.807, 2.05) is 104 Å². The standard InChI is InChI=1S/C26H29N2O2P/c1-4-27(5-2)26(29)24-19-13-14-20-25(24)28(6-3)21-31(30,22-15-9-7-10-16-22)23-17-11-8-12-18-23/h6-20H,3-5,21H2,1-2H3. The van der Waals surface area contributed by atoms with Crippen LogP contribution in [-0.2, 0) is 4.57 Å². The summed E-state index contributed by atoms with van der Waals surface area (Å²) in [6.07, 6.45) is 1.87. The molecule has 0 bridgehead atoms. The van der Waals surface area contributed by atoms with E-state index in [9.17, 15) is 9.36 Å². The molecular weight excluding hydrogens is 403 g/mol. The van der Waals surface area contributed by atoms with Crippen molar-refractivity contribution in [2.24, 2.45) is 0 Å². The lowest BCUT2D eigenvalue weighted by Crippen LogP contribution is -2.33. The van der Waals surface area contributed by atoms with Crippen LogP contribution in [-0.4, -0.2) is 30.2 Å². The molecule has 1 amide bonds. The van der Waals surface area contributed by atoms with Crippen molar-refractivity contribution in [3.05, 3.63) is 103 Å². The van der Waals surface area contributed by atoms with Crippen molar-refractivity contribution in [3.63, 3.8) is 0 Å². The second-order valence-corrected chi connectivity index (χ2v) is 9.99. The lowest BCUT2D eigenvalue weighted by molar-refractivity contribution is 0.0773. The summed E-state index contributed by atoms with van der Waals surface area (Å²) in [5.41, 5.74) is 1.29. The van der Waals surface area contributed by atoms with Gasteiger partial charge in [-0.05, 0) is 32.2 Å². The van der Waals surface area contributed by atoms with E-state index in [1.54, 1.807) is 11.1 Å². The summed E-state index contributed by atoms with van der Waals surface area (Å²) >= 11 is 0. The van der Waals surface area contributed by atoms with Crippen LogP contribution in [0.2, 0.25) is 0 Å². The maximum atomic E-state index is 14.5. The first-order chi connectivity index (χ1) is 15.0. The van der Waals surface area contributed by atoms with Crippen LogP contribution < -0.4 is 15.5 Å². The molecule has 0 aliphatic rings. The number of anilines is 1. The van der Waals surface area contributed by atoms with Crippen LogP contribution in [0.3, 0.4) is 0 Å². The molecule has 0 N–H and O–H groups in total.